The number of rotatable bonds is 4. The Bertz CT molecular complexity index is 964. The summed E-state index contributed by atoms with van der Waals surface area (Å²) in [5, 5.41) is 11.2. The molecular weight excluding hydrogens is 284 g/mol. The Balaban J connectivity index is 2.02. The van der Waals surface area contributed by atoms with Crippen molar-refractivity contribution >= 4 is 21.8 Å². The van der Waals surface area contributed by atoms with Gasteiger partial charge in [0.2, 0.25) is 0 Å². The number of para-hydroxylation sites is 1. The van der Waals surface area contributed by atoms with Crippen LogP contribution >= 0.6 is 0 Å². The quantitative estimate of drug-likeness (QED) is 0.546. The predicted octanol–water partition coefficient (Wildman–Crippen LogP) is 4.74. The maximum Gasteiger partial charge on any atom is 0.144 e. The molecule has 23 heavy (non-hydrogen) atoms. The van der Waals surface area contributed by atoms with Crippen molar-refractivity contribution in [1.29, 1.82) is 0 Å². The lowest BCUT2D eigenvalue weighted by Crippen LogP contribution is -2.11. The van der Waals surface area contributed by atoms with Crippen LogP contribution in [0.1, 0.15) is 32.7 Å². The van der Waals surface area contributed by atoms with Crippen LogP contribution in [0, 0.1) is 0 Å². The largest absolute Gasteiger partial charge is 0.329 e. The lowest BCUT2D eigenvalue weighted by Gasteiger charge is -2.17. The zero-order chi connectivity index (χ0) is 15.8. The van der Waals surface area contributed by atoms with Crippen molar-refractivity contribution in [3.63, 3.8) is 0 Å². The van der Waals surface area contributed by atoms with E-state index >= 15 is 0 Å². The lowest BCUT2D eigenvalue weighted by atomic mass is 10.2. The summed E-state index contributed by atoms with van der Waals surface area (Å²) in [6, 6.07) is 17.0. The molecule has 2 aromatic carbocycles. The van der Waals surface area contributed by atoms with Gasteiger partial charge in [-0.3, -0.25) is 0 Å². The van der Waals surface area contributed by atoms with Crippen LogP contribution in [-0.4, -0.2) is 19.6 Å². The van der Waals surface area contributed by atoms with Gasteiger partial charge < -0.3 is 4.57 Å². The fourth-order valence-electron chi connectivity index (χ4n) is 3.30. The molecule has 0 amide bonds. The highest BCUT2D eigenvalue weighted by molar-refractivity contribution is 5.91. The summed E-state index contributed by atoms with van der Waals surface area (Å²) in [6.45, 7) is 4.50. The van der Waals surface area contributed by atoms with Crippen LogP contribution in [0.2, 0.25) is 0 Å². The minimum Gasteiger partial charge on any atom is -0.329 e. The summed E-state index contributed by atoms with van der Waals surface area (Å²) in [6.07, 6.45) is 4.54. The predicted molar refractivity (Wildman–Crippen MR) is 94.0 cm³/mol. The summed E-state index contributed by atoms with van der Waals surface area (Å²) < 4.78 is 4.32. The minimum absolute atomic E-state index is 0.422. The molecule has 0 spiro atoms. The molecule has 4 heteroatoms. The van der Waals surface area contributed by atoms with Gasteiger partial charge in [-0.1, -0.05) is 55.0 Å². The summed E-state index contributed by atoms with van der Waals surface area (Å²) in [5.41, 5.74) is 1.97. The van der Waals surface area contributed by atoms with E-state index < -0.39 is 0 Å². The summed E-state index contributed by atoms with van der Waals surface area (Å²) in [5.74, 6) is 1.11. The fraction of sp³-hybridized carbons (Fsp3) is 0.263. The molecule has 2 aromatic heterocycles. The Morgan fingerprint density at radius 2 is 1.83 bits per heavy atom. The number of aromatic nitrogens is 4. The summed E-state index contributed by atoms with van der Waals surface area (Å²) in [7, 11) is 0. The van der Waals surface area contributed by atoms with E-state index in [-0.39, 0.29) is 0 Å². The molecule has 0 fully saturated rings. The molecular formula is C19H20N4. The first-order valence-electron chi connectivity index (χ1n) is 8.20. The standard InChI is InChI=1S/C19H20N4/c1-3-8-14(2)22-13-15-9-4-5-10-16(15)19(22)23-18-12-7-6-11-17(18)20-21-23/h4-7,9-14H,3,8H2,1-2H3. The highest BCUT2D eigenvalue weighted by atomic mass is 15.5. The molecule has 0 aliphatic rings. The molecule has 0 saturated heterocycles. The van der Waals surface area contributed by atoms with E-state index in [2.05, 4.69) is 65.3 Å². The molecule has 1 unspecified atom stereocenters. The van der Waals surface area contributed by atoms with Gasteiger partial charge in [-0.25, -0.2) is 0 Å². The maximum atomic E-state index is 4.44. The molecule has 2 heterocycles. The van der Waals surface area contributed by atoms with Gasteiger partial charge in [-0.05, 0) is 25.5 Å². The highest BCUT2D eigenvalue weighted by Crippen LogP contribution is 2.30. The zero-order valence-corrected chi connectivity index (χ0v) is 13.5. The average molecular weight is 304 g/mol. The van der Waals surface area contributed by atoms with Crippen LogP contribution in [0.3, 0.4) is 0 Å². The molecule has 0 aliphatic heterocycles. The zero-order valence-electron chi connectivity index (χ0n) is 13.5. The van der Waals surface area contributed by atoms with Gasteiger partial charge in [-0.15, -0.1) is 5.10 Å². The molecule has 0 radical (unpaired) electrons. The topological polar surface area (TPSA) is 35.6 Å². The number of fused-ring (bicyclic) bond motifs is 2. The first kappa shape index (κ1) is 14.0. The van der Waals surface area contributed by atoms with Crippen LogP contribution in [0.4, 0.5) is 0 Å². The third-order valence-electron chi connectivity index (χ3n) is 4.46. The second-order valence-corrected chi connectivity index (χ2v) is 6.07. The van der Waals surface area contributed by atoms with Crippen molar-refractivity contribution in [2.24, 2.45) is 0 Å². The number of benzene rings is 2. The van der Waals surface area contributed by atoms with Crippen LogP contribution in [0.15, 0.2) is 54.7 Å². The van der Waals surface area contributed by atoms with Crippen LogP contribution in [0.5, 0.6) is 0 Å². The SMILES string of the molecule is CCCC(C)n1cc2ccccc2c1-n1nnc2ccccc21. The molecule has 0 bridgehead atoms. The van der Waals surface area contributed by atoms with E-state index in [0.29, 0.717) is 6.04 Å². The normalized spacial score (nSPS) is 13.0. The van der Waals surface area contributed by atoms with Crippen LogP contribution < -0.4 is 0 Å². The Labute approximate surface area is 135 Å². The van der Waals surface area contributed by atoms with Crippen molar-refractivity contribution in [2.75, 3.05) is 0 Å². The van der Waals surface area contributed by atoms with Gasteiger partial charge in [-0.2, -0.15) is 4.68 Å². The lowest BCUT2D eigenvalue weighted by molar-refractivity contribution is 0.493. The summed E-state index contributed by atoms with van der Waals surface area (Å²) >= 11 is 0. The van der Waals surface area contributed by atoms with E-state index in [1.807, 2.05) is 22.9 Å². The van der Waals surface area contributed by atoms with Gasteiger partial charge >= 0.3 is 0 Å². The Morgan fingerprint density at radius 1 is 1.04 bits per heavy atom. The second-order valence-electron chi connectivity index (χ2n) is 6.07. The number of hydrogen-bond donors (Lipinski definition) is 0. The van der Waals surface area contributed by atoms with Crippen molar-refractivity contribution in [2.45, 2.75) is 32.7 Å². The Kier molecular flexibility index (Phi) is 3.37. The molecule has 4 aromatic rings. The van der Waals surface area contributed by atoms with E-state index in [1.165, 1.54) is 10.8 Å². The van der Waals surface area contributed by atoms with Crippen LogP contribution in [-0.2, 0) is 0 Å². The van der Waals surface area contributed by atoms with E-state index in [1.54, 1.807) is 0 Å². The van der Waals surface area contributed by atoms with Crippen molar-refractivity contribution in [1.82, 2.24) is 19.6 Å². The Morgan fingerprint density at radius 3 is 2.70 bits per heavy atom. The first-order chi connectivity index (χ1) is 11.3. The van der Waals surface area contributed by atoms with Gasteiger partial charge in [0.1, 0.15) is 11.3 Å². The van der Waals surface area contributed by atoms with E-state index in [9.17, 15) is 0 Å². The summed E-state index contributed by atoms with van der Waals surface area (Å²) in [4.78, 5) is 0. The molecule has 0 aliphatic carbocycles. The molecule has 0 saturated carbocycles. The number of hydrogen-bond acceptors (Lipinski definition) is 2. The minimum atomic E-state index is 0.422. The molecule has 1 atom stereocenters. The van der Waals surface area contributed by atoms with Crippen molar-refractivity contribution in [3.05, 3.63) is 54.7 Å². The van der Waals surface area contributed by atoms with E-state index in [0.717, 1.165) is 29.7 Å². The average Bonchev–Trinajstić information content (AvgIpc) is 3.15. The van der Waals surface area contributed by atoms with Gasteiger partial charge in [0.05, 0.1) is 5.52 Å². The van der Waals surface area contributed by atoms with Gasteiger partial charge in [0.25, 0.3) is 0 Å². The molecule has 0 N–H and O–H groups in total. The number of nitrogens with zero attached hydrogens (tertiary/aromatic N) is 4. The third kappa shape index (κ3) is 2.22. The first-order valence-corrected chi connectivity index (χ1v) is 8.20. The van der Waals surface area contributed by atoms with Crippen LogP contribution in [0.25, 0.3) is 27.6 Å². The second kappa shape index (κ2) is 5.54. The maximum absolute atomic E-state index is 4.44. The molecule has 4 nitrogen and oxygen atoms in total. The molecule has 4 rings (SSSR count). The Hall–Kier alpha value is -2.62. The molecule has 116 valence electrons. The fourth-order valence-corrected chi connectivity index (χ4v) is 3.30. The van der Waals surface area contributed by atoms with Gasteiger partial charge in [0, 0.05) is 23.0 Å². The highest BCUT2D eigenvalue weighted by Gasteiger charge is 2.17. The van der Waals surface area contributed by atoms with Gasteiger partial charge in [0.15, 0.2) is 0 Å². The monoisotopic (exact) mass is 304 g/mol. The van der Waals surface area contributed by atoms with E-state index in [4.69, 9.17) is 0 Å². The smallest absolute Gasteiger partial charge is 0.144 e. The third-order valence-corrected chi connectivity index (χ3v) is 4.46. The van der Waals surface area contributed by atoms with Crippen molar-refractivity contribution < 1.29 is 0 Å². The van der Waals surface area contributed by atoms with Crippen molar-refractivity contribution in [3.8, 4) is 5.82 Å².